The normalized spacial score (nSPS) is 21.7. The topological polar surface area (TPSA) is 32.8 Å². The molecule has 1 aromatic carbocycles. The first-order chi connectivity index (χ1) is 11.8. The number of methoxy groups -OCH3 is 1. The Labute approximate surface area is 147 Å². The fraction of sp³-hybridized carbons (Fsp3) is 0.526. The van der Waals surface area contributed by atoms with Crippen LogP contribution in [-0.2, 0) is 0 Å². The molecule has 2 saturated heterocycles. The van der Waals surface area contributed by atoms with Crippen molar-refractivity contribution >= 4 is 27.3 Å². The van der Waals surface area contributed by atoms with Crippen molar-refractivity contribution < 1.29 is 9.53 Å². The lowest BCUT2D eigenvalue weighted by Crippen LogP contribution is -2.42. The van der Waals surface area contributed by atoms with E-state index in [9.17, 15) is 4.79 Å². The van der Waals surface area contributed by atoms with Gasteiger partial charge < -0.3 is 14.5 Å². The van der Waals surface area contributed by atoms with Gasteiger partial charge in [0.1, 0.15) is 10.6 Å². The Morgan fingerprint density at radius 1 is 1.21 bits per heavy atom. The highest BCUT2D eigenvalue weighted by molar-refractivity contribution is 7.21. The summed E-state index contributed by atoms with van der Waals surface area (Å²) in [7, 11) is 1.66. The highest BCUT2D eigenvalue weighted by atomic mass is 32.1. The first-order valence-electron chi connectivity index (χ1n) is 8.87. The maximum atomic E-state index is 13.2. The highest BCUT2D eigenvalue weighted by Gasteiger charge is 2.33. The van der Waals surface area contributed by atoms with Gasteiger partial charge in [-0.3, -0.25) is 4.79 Å². The molecule has 24 heavy (non-hydrogen) atoms. The molecular formula is C19H24N2O2S. The van der Waals surface area contributed by atoms with Crippen molar-refractivity contribution in [2.45, 2.75) is 31.7 Å². The molecule has 2 aliphatic rings. The molecule has 1 atom stereocenters. The van der Waals surface area contributed by atoms with E-state index in [1.807, 2.05) is 18.2 Å². The Hall–Kier alpha value is -1.59. The smallest absolute Gasteiger partial charge is 0.268 e. The van der Waals surface area contributed by atoms with Crippen LogP contribution in [0, 0.1) is 0 Å². The molecular weight excluding hydrogens is 320 g/mol. The number of amides is 1. The van der Waals surface area contributed by atoms with Crippen LogP contribution in [0.1, 0.15) is 35.4 Å². The number of carbonyl (C=O) groups is 1. The zero-order chi connectivity index (χ0) is 16.5. The van der Waals surface area contributed by atoms with Crippen molar-refractivity contribution in [1.82, 2.24) is 9.80 Å². The van der Waals surface area contributed by atoms with E-state index in [0.717, 1.165) is 46.6 Å². The molecule has 0 N–H and O–H groups in total. The Morgan fingerprint density at radius 3 is 2.79 bits per heavy atom. The SMILES string of the molecule is COc1c(C(=O)N2CCCC2CN2CCCC2)sc2ccccc12. The van der Waals surface area contributed by atoms with Gasteiger partial charge in [-0.1, -0.05) is 12.1 Å². The van der Waals surface area contributed by atoms with Crippen LogP contribution in [0.15, 0.2) is 24.3 Å². The zero-order valence-electron chi connectivity index (χ0n) is 14.2. The van der Waals surface area contributed by atoms with Crippen molar-refractivity contribution in [3.63, 3.8) is 0 Å². The summed E-state index contributed by atoms with van der Waals surface area (Å²) in [6.45, 7) is 4.27. The van der Waals surface area contributed by atoms with Gasteiger partial charge in [-0.25, -0.2) is 0 Å². The van der Waals surface area contributed by atoms with E-state index < -0.39 is 0 Å². The molecule has 0 bridgehead atoms. The average molecular weight is 344 g/mol. The molecule has 0 saturated carbocycles. The molecule has 0 aliphatic carbocycles. The number of thiophene rings is 1. The van der Waals surface area contributed by atoms with Gasteiger partial charge in [0.05, 0.1) is 7.11 Å². The molecule has 4 rings (SSSR count). The van der Waals surface area contributed by atoms with Crippen LogP contribution in [0.4, 0.5) is 0 Å². The molecule has 0 radical (unpaired) electrons. The second kappa shape index (κ2) is 6.73. The van der Waals surface area contributed by atoms with Crippen LogP contribution in [0.2, 0.25) is 0 Å². The predicted octanol–water partition coefficient (Wildman–Crippen LogP) is 3.61. The molecule has 1 amide bonds. The monoisotopic (exact) mass is 344 g/mol. The van der Waals surface area contributed by atoms with Gasteiger partial charge in [-0.05, 0) is 50.9 Å². The van der Waals surface area contributed by atoms with Gasteiger partial charge in [0.25, 0.3) is 5.91 Å². The van der Waals surface area contributed by atoms with Crippen LogP contribution in [-0.4, -0.2) is 55.0 Å². The second-order valence-electron chi connectivity index (χ2n) is 6.76. The lowest BCUT2D eigenvalue weighted by Gasteiger charge is -2.28. The summed E-state index contributed by atoms with van der Waals surface area (Å²) < 4.78 is 6.72. The van der Waals surface area contributed by atoms with Crippen LogP contribution < -0.4 is 4.74 Å². The van der Waals surface area contributed by atoms with E-state index in [-0.39, 0.29) is 5.91 Å². The van der Waals surface area contributed by atoms with Crippen molar-refractivity contribution in [3.8, 4) is 5.75 Å². The third-order valence-corrected chi connectivity index (χ3v) is 6.39. The van der Waals surface area contributed by atoms with E-state index in [2.05, 4.69) is 15.9 Å². The molecule has 2 aliphatic heterocycles. The highest BCUT2D eigenvalue weighted by Crippen LogP contribution is 2.39. The van der Waals surface area contributed by atoms with Crippen molar-refractivity contribution in [2.24, 2.45) is 0 Å². The third-order valence-electron chi connectivity index (χ3n) is 5.25. The summed E-state index contributed by atoms with van der Waals surface area (Å²) in [6, 6.07) is 8.46. The van der Waals surface area contributed by atoms with Gasteiger partial charge in [0, 0.05) is 29.2 Å². The fourth-order valence-corrected chi connectivity index (χ4v) is 5.18. The number of fused-ring (bicyclic) bond motifs is 1. The number of hydrogen-bond acceptors (Lipinski definition) is 4. The summed E-state index contributed by atoms with van der Waals surface area (Å²) in [5, 5.41) is 1.05. The second-order valence-corrected chi connectivity index (χ2v) is 7.82. The Balaban J connectivity index is 1.60. The standard InChI is InChI=1S/C19H24N2O2S/c1-23-17-15-8-2-3-9-16(15)24-18(17)19(22)21-12-6-7-14(21)13-20-10-4-5-11-20/h2-3,8-9,14H,4-7,10-13H2,1H3. The van der Waals surface area contributed by atoms with E-state index >= 15 is 0 Å². The first kappa shape index (κ1) is 15.9. The van der Waals surface area contributed by atoms with Gasteiger partial charge in [0.15, 0.2) is 0 Å². The summed E-state index contributed by atoms with van der Waals surface area (Å²) >= 11 is 1.56. The Kier molecular flexibility index (Phi) is 4.46. The summed E-state index contributed by atoms with van der Waals surface area (Å²) in [5.41, 5.74) is 0. The van der Waals surface area contributed by atoms with Crippen LogP contribution in [0.5, 0.6) is 5.75 Å². The predicted molar refractivity (Wildman–Crippen MR) is 98.1 cm³/mol. The van der Waals surface area contributed by atoms with Gasteiger partial charge >= 0.3 is 0 Å². The molecule has 2 aromatic rings. The number of hydrogen-bond donors (Lipinski definition) is 0. The number of benzene rings is 1. The van der Waals surface area contributed by atoms with E-state index in [4.69, 9.17) is 4.74 Å². The molecule has 128 valence electrons. The molecule has 1 aromatic heterocycles. The minimum Gasteiger partial charge on any atom is -0.494 e. The Bertz CT molecular complexity index is 736. The van der Waals surface area contributed by atoms with E-state index in [1.165, 1.54) is 25.9 Å². The number of ether oxygens (including phenoxy) is 1. The van der Waals surface area contributed by atoms with Crippen molar-refractivity contribution in [1.29, 1.82) is 0 Å². The lowest BCUT2D eigenvalue weighted by molar-refractivity contribution is 0.0711. The van der Waals surface area contributed by atoms with Crippen molar-refractivity contribution in [3.05, 3.63) is 29.1 Å². The first-order valence-corrected chi connectivity index (χ1v) is 9.68. The molecule has 4 nitrogen and oxygen atoms in total. The number of carbonyl (C=O) groups excluding carboxylic acids is 1. The number of nitrogens with zero attached hydrogens (tertiary/aromatic N) is 2. The van der Waals surface area contributed by atoms with Gasteiger partial charge in [-0.15, -0.1) is 11.3 Å². The van der Waals surface area contributed by atoms with E-state index in [1.54, 1.807) is 18.4 Å². The number of rotatable bonds is 4. The maximum absolute atomic E-state index is 13.2. The quantitative estimate of drug-likeness (QED) is 0.849. The zero-order valence-corrected chi connectivity index (χ0v) is 15.0. The lowest BCUT2D eigenvalue weighted by atomic mass is 10.2. The van der Waals surface area contributed by atoms with Crippen LogP contribution in [0.3, 0.4) is 0 Å². The van der Waals surface area contributed by atoms with Crippen LogP contribution in [0.25, 0.3) is 10.1 Å². The molecule has 0 spiro atoms. The molecule has 3 heterocycles. The van der Waals surface area contributed by atoms with Gasteiger partial charge in [-0.2, -0.15) is 0 Å². The van der Waals surface area contributed by atoms with E-state index in [0.29, 0.717) is 6.04 Å². The average Bonchev–Trinajstić information content (AvgIpc) is 3.33. The molecule has 5 heteroatoms. The molecule has 2 fully saturated rings. The fourth-order valence-electron chi connectivity index (χ4n) is 4.05. The molecule has 1 unspecified atom stereocenters. The summed E-state index contributed by atoms with van der Waals surface area (Å²) in [4.78, 5) is 18.6. The minimum absolute atomic E-state index is 0.148. The largest absolute Gasteiger partial charge is 0.494 e. The van der Waals surface area contributed by atoms with Crippen LogP contribution >= 0.6 is 11.3 Å². The summed E-state index contributed by atoms with van der Waals surface area (Å²) in [5.74, 6) is 0.891. The van der Waals surface area contributed by atoms with Gasteiger partial charge in [0.2, 0.25) is 0 Å². The van der Waals surface area contributed by atoms with Crippen molar-refractivity contribution in [2.75, 3.05) is 33.3 Å². The third kappa shape index (κ3) is 2.80. The number of likely N-dealkylation sites (tertiary alicyclic amines) is 2. The maximum Gasteiger partial charge on any atom is 0.268 e. The minimum atomic E-state index is 0.148. The summed E-state index contributed by atoms with van der Waals surface area (Å²) in [6.07, 6.45) is 4.82. The Morgan fingerprint density at radius 2 is 2.00 bits per heavy atom.